The van der Waals surface area contributed by atoms with E-state index in [1.165, 1.54) is 0 Å². The van der Waals surface area contributed by atoms with Crippen LogP contribution in [0.5, 0.6) is 11.5 Å². The number of hydrogen-bond acceptors (Lipinski definition) is 4. The van der Waals surface area contributed by atoms with Crippen LogP contribution in [0.25, 0.3) is 11.0 Å². The summed E-state index contributed by atoms with van der Waals surface area (Å²) >= 11 is 6.64. The van der Waals surface area contributed by atoms with Crippen molar-refractivity contribution in [3.8, 4) is 11.5 Å². The van der Waals surface area contributed by atoms with Crippen molar-refractivity contribution < 1.29 is 19.4 Å². The Balaban J connectivity index is 1.57. The average Bonchev–Trinajstić information content (AvgIpc) is 3.17. The van der Waals surface area contributed by atoms with Crippen LogP contribution >= 0.6 is 11.6 Å². The maximum atomic E-state index is 11.7. The van der Waals surface area contributed by atoms with E-state index in [-0.39, 0.29) is 12.2 Å². The van der Waals surface area contributed by atoms with Crippen LogP contribution in [0, 0.1) is 20.8 Å². The number of imidazole rings is 1. The van der Waals surface area contributed by atoms with E-state index >= 15 is 0 Å². The van der Waals surface area contributed by atoms with Gasteiger partial charge in [0.15, 0.2) is 0 Å². The Hall–Kier alpha value is -3.51. The third kappa shape index (κ3) is 6.08. The molecule has 0 aliphatic heterocycles. The number of halogens is 1. The van der Waals surface area contributed by atoms with Crippen LogP contribution in [0.1, 0.15) is 64.6 Å². The Morgan fingerprint density at radius 2 is 1.78 bits per heavy atom. The highest BCUT2D eigenvalue weighted by atomic mass is 35.5. The number of rotatable bonds is 11. The van der Waals surface area contributed by atoms with Crippen molar-refractivity contribution in [3.05, 3.63) is 87.2 Å². The van der Waals surface area contributed by atoms with Gasteiger partial charge in [0.05, 0.1) is 29.7 Å². The molecule has 7 heteroatoms. The first kappa shape index (κ1) is 26.6. The quantitative estimate of drug-likeness (QED) is 0.207. The number of carboxylic acids is 1. The molecule has 37 heavy (non-hydrogen) atoms. The molecular weight excluding hydrogens is 488 g/mol. The number of unbranched alkanes of at least 4 members (excludes halogenated alkanes) is 2. The van der Waals surface area contributed by atoms with E-state index in [1.807, 2.05) is 50.2 Å². The summed E-state index contributed by atoms with van der Waals surface area (Å²) < 4.78 is 14.0. The molecule has 194 valence electrons. The third-order valence-electron chi connectivity index (χ3n) is 6.55. The molecule has 0 aliphatic carbocycles. The van der Waals surface area contributed by atoms with Gasteiger partial charge < -0.3 is 19.1 Å². The maximum Gasteiger partial charge on any atom is 0.336 e. The van der Waals surface area contributed by atoms with Crippen molar-refractivity contribution in [3.63, 3.8) is 0 Å². The van der Waals surface area contributed by atoms with Gasteiger partial charge in [-0.25, -0.2) is 9.78 Å². The predicted molar refractivity (Wildman–Crippen MR) is 147 cm³/mol. The zero-order chi connectivity index (χ0) is 26.5. The molecule has 0 amide bonds. The van der Waals surface area contributed by atoms with Gasteiger partial charge in [-0.3, -0.25) is 0 Å². The van der Waals surface area contributed by atoms with E-state index in [0.29, 0.717) is 35.1 Å². The minimum absolute atomic E-state index is 0.160. The molecule has 0 radical (unpaired) electrons. The number of aromatic carboxylic acids is 1. The number of aromatic nitrogens is 2. The summed E-state index contributed by atoms with van der Waals surface area (Å²) in [5, 5.41) is 10.3. The summed E-state index contributed by atoms with van der Waals surface area (Å²) in [6, 6.07) is 15.2. The van der Waals surface area contributed by atoms with Crippen LogP contribution < -0.4 is 9.47 Å². The standard InChI is InChI=1S/C30H33ClN2O4/c1-5-6-7-13-36-24-12-11-22(26(31)15-24)17-33-21(4)32-29-20(3)14-25(16-27(29)33)37-18-23-10-8-9-19(2)28(23)30(34)35/h8-12,14-16H,5-7,13,17-18H2,1-4H3,(H,34,35). The van der Waals surface area contributed by atoms with Crippen molar-refractivity contribution in [2.75, 3.05) is 6.61 Å². The fraction of sp³-hybridized carbons (Fsp3) is 0.333. The lowest BCUT2D eigenvalue weighted by molar-refractivity contribution is 0.0693. The Kier molecular flexibility index (Phi) is 8.39. The Bertz CT molecular complexity index is 1430. The summed E-state index contributed by atoms with van der Waals surface area (Å²) in [6.07, 6.45) is 3.33. The molecule has 0 bridgehead atoms. The SMILES string of the molecule is CCCCCOc1ccc(Cn2c(C)nc3c(C)cc(OCc4cccc(C)c4C(=O)O)cc32)c(Cl)c1. The zero-order valence-corrected chi connectivity index (χ0v) is 22.6. The van der Waals surface area contributed by atoms with Crippen LogP contribution in [0.2, 0.25) is 5.02 Å². The van der Waals surface area contributed by atoms with Gasteiger partial charge in [-0.1, -0.05) is 55.6 Å². The highest BCUT2D eigenvalue weighted by molar-refractivity contribution is 6.31. The lowest BCUT2D eigenvalue weighted by Gasteiger charge is -2.13. The normalized spacial score (nSPS) is 11.2. The van der Waals surface area contributed by atoms with E-state index in [1.54, 1.807) is 19.1 Å². The summed E-state index contributed by atoms with van der Waals surface area (Å²) in [5.41, 5.74) is 5.43. The smallest absolute Gasteiger partial charge is 0.336 e. The lowest BCUT2D eigenvalue weighted by Crippen LogP contribution is -2.08. The summed E-state index contributed by atoms with van der Waals surface area (Å²) in [5.74, 6) is 1.36. The molecule has 0 atom stereocenters. The average molecular weight is 521 g/mol. The number of fused-ring (bicyclic) bond motifs is 1. The minimum Gasteiger partial charge on any atom is -0.494 e. The first-order chi connectivity index (χ1) is 17.8. The Morgan fingerprint density at radius 3 is 2.51 bits per heavy atom. The molecule has 4 aromatic rings. The molecular formula is C30H33ClN2O4. The van der Waals surface area contributed by atoms with Gasteiger partial charge >= 0.3 is 5.97 Å². The fourth-order valence-corrected chi connectivity index (χ4v) is 4.76. The van der Waals surface area contributed by atoms with Crippen LogP contribution in [0.4, 0.5) is 0 Å². The second kappa shape index (κ2) is 11.7. The first-order valence-corrected chi connectivity index (χ1v) is 13.0. The summed E-state index contributed by atoms with van der Waals surface area (Å²) in [7, 11) is 0. The zero-order valence-electron chi connectivity index (χ0n) is 21.8. The van der Waals surface area contributed by atoms with Crippen LogP contribution in [0.15, 0.2) is 48.5 Å². The van der Waals surface area contributed by atoms with Crippen molar-refractivity contribution in [2.24, 2.45) is 0 Å². The maximum absolute atomic E-state index is 11.7. The molecule has 3 aromatic carbocycles. The van der Waals surface area contributed by atoms with Gasteiger partial charge in [-0.15, -0.1) is 0 Å². The van der Waals surface area contributed by atoms with Crippen molar-refractivity contribution >= 4 is 28.6 Å². The Morgan fingerprint density at radius 1 is 0.973 bits per heavy atom. The molecule has 0 saturated heterocycles. The van der Waals surface area contributed by atoms with Crippen LogP contribution in [0.3, 0.4) is 0 Å². The second-order valence-electron chi connectivity index (χ2n) is 9.36. The van der Waals surface area contributed by atoms with Gasteiger partial charge in [-0.2, -0.15) is 0 Å². The highest BCUT2D eigenvalue weighted by Crippen LogP contribution is 2.30. The largest absolute Gasteiger partial charge is 0.494 e. The van der Waals surface area contributed by atoms with E-state index < -0.39 is 5.97 Å². The third-order valence-corrected chi connectivity index (χ3v) is 6.90. The predicted octanol–water partition coefficient (Wildman–Crippen LogP) is 7.51. The number of carbonyl (C=O) groups is 1. The molecule has 1 N–H and O–H groups in total. The van der Waals surface area contributed by atoms with Crippen LogP contribution in [-0.2, 0) is 13.2 Å². The number of nitrogens with zero attached hydrogens (tertiary/aromatic N) is 2. The lowest BCUT2D eigenvalue weighted by atomic mass is 10.0. The molecule has 1 aromatic heterocycles. The highest BCUT2D eigenvalue weighted by Gasteiger charge is 2.16. The number of carboxylic acid groups (broad SMARTS) is 1. The first-order valence-electron chi connectivity index (χ1n) is 12.6. The molecule has 0 fully saturated rings. The number of benzene rings is 3. The van der Waals surface area contributed by atoms with Crippen molar-refractivity contribution in [2.45, 2.75) is 60.1 Å². The summed E-state index contributed by atoms with van der Waals surface area (Å²) in [4.78, 5) is 16.5. The fourth-order valence-electron chi connectivity index (χ4n) is 4.53. The van der Waals surface area contributed by atoms with E-state index in [2.05, 4.69) is 11.5 Å². The minimum atomic E-state index is -0.953. The van der Waals surface area contributed by atoms with Gasteiger partial charge in [0.2, 0.25) is 0 Å². The van der Waals surface area contributed by atoms with E-state index in [0.717, 1.165) is 53.0 Å². The molecule has 6 nitrogen and oxygen atoms in total. The topological polar surface area (TPSA) is 73.6 Å². The van der Waals surface area contributed by atoms with Gasteiger partial charge in [-0.05, 0) is 62.1 Å². The number of hydrogen-bond donors (Lipinski definition) is 1. The van der Waals surface area contributed by atoms with E-state index in [9.17, 15) is 9.90 Å². The van der Waals surface area contributed by atoms with E-state index in [4.69, 9.17) is 26.1 Å². The van der Waals surface area contributed by atoms with Gasteiger partial charge in [0, 0.05) is 16.7 Å². The van der Waals surface area contributed by atoms with Gasteiger partial charge in [0.25, 0.3) is 0 Å². The van der Waals surface area contributed by atoms with Crippen molar-refractivity contribution in [1.29, 1.82) is 0 Å². The molecule has 0 spiro atoms. The van der Waals surface area contributed by atoms with Crippen molar-refractivity contribution in [1.82, 2.24) is 9.55 Å². The monoisotopic (exact) mass is 520 g/mol. The molecule has 0 unspecified atom stereocenters. The molecule has 0 aliphatic rings. The number of aryl methyl sites for hydroxylation is 3. The number of ether oxygens (including phenoxy) is 2. The molecule has 1 heterocycles. The Labute approximate surface area is 222 Å². The second-order valence-corrected chi connectivity index (χ2v) is 9.77. The summed E-state index contributed by atoms with van der Waals surface area (Å²) in [6.45, 7) is 9.34. The van der Waals surface area contributed by atoms with Gasteiger partial charge in [0.1, 0.15) is 23.9 Å². The van der Waals surface area contributed by atoms with Crippen LogP contribution in [-0.4, -0.2) is 27.2 Å². The molecule has 4 rings (SSSR count). The molecule has 0 saturated carbocycles.